The zero-order valence-electron chi connectivity index (χ0n) is 6.25. The van der Waals surface area contributed by atoms with E-state index in [0.717, 1.165) is 4.88 Å². The molecule has 0 fully saturated rings. The molecule has 0 spiro atoms. The third-order valence-electron chi connectivity index (χ3n) is 1.16. The normalized spacial score (nSPS) is 9.64. The van der Waals surface area contributed by atoms with Crippen LogP contribution in [-0.4, -0.2) is 18.0 Å². The molecule has 0 aliphatic rings. The molecule has 1 rings (SSSR count). The van der Waals surface area contributed by atoms with Crippen molar-refractivity contribution in [3.63, 3.8) is 0 Å². The Kier molecular flexibility index (Phi) is 2.09. The minimum Gasteiger partial charge on any atom is -0.480 e. The van der Waals surface area contributed by atoms with Crippen LogP contribution in [0.3, 0.4) is 0 Å². The van der Waals surface area contributed by atoms with Gasteiger partial charge in [0.05, 0.1) is 12.0 Å². The summed E-state index contributed by atoms with van der Waals surface area (Å²) in [6.07, 6.45) is 0. The monoisotopic (exact) mass is 172 g/mol. The van der Waals surface area contributed by atoms with E-state index in [1.54, 1.807) is 0 Å². The maximum Gasteiger partial charge on any atom is 0.277 e. The first-order valence-electron chi connectivity index (χ1n) is 2.96. The highest BCUT2D eigenvalue weighted by atomic mass is 32.1. The minimum atomic E-state index is -0.513. The Morgan fingerprint density at radius 3 is 2.64 bits per heavy atom. The third kappa shape index (κ3) is 1.48. The number of nitrogens with zero attached hydrogens (tertiary/aromatic N) is 1. The molecule has 5 heteroatoms. The van der Waals surface area contributed by atoms with E-state index in [9.17, 15) is 4.79 Å². The molecule has 0 radical (unpaired) electrons. The van der Waals surface area contributed by atoms with Crippen molar-refractivity contribution in [1.29, 1.82) is 0 Å². The largest absolute Gasteiger partial charge is 0.480 e. The lowest BCUT2D eigenvalue weighted by Gasteiger charge is -1.90. The molecule has 0 aromatic carbocycles. The van der Waals surface area contributed by atoms with Crippen molar-refractivity contribution in [2.45, 2.75) is 6.92 Å². The Morgan fingerprint density at radius 1 is 1.73 bits per heavy atom. The summed E-state index contributed by atoms with van der Waals surface area (Å²) >= 11 is 1.24. The molecular weight excluding hydrogens is 164 g/mol. The molecule has 0 unspecified atom stereocenters. The van der Waals surface area contributed by atoms with Gasteiger partial charge in [-0.25, -0.2) is 0 Å². The highest BCUT2D eigenvalue weighted by Gasteiger charge is 2.10. The molecular formula is C6H8N2O2S. The summed E-state index contributed by atoms with van der Waals surface area (Å²) in [5.74, 6) is -0.0369. The maximum atomic E-state index is 10.6. The Hall–Kier alpha value is -1.10. The number of amides is 1. The first-order valence-corrected chi connectivity index (χ1v) is 3.78. The molecule has 2 N–H and O–H groups in total. The molecule has 11 heavy (non-hydrogen) atoms. The Labute approximate surface area is 68.0 Å². The fraction of sp³-hybridized carbons (Fsp3) is 0.333. The number of nitrogens with two attached hydrogens (primary N) is 1. The molecule has 1 amide bonds. The predicted octanol–water partition coefficient (Wildman–Crippen LogP) is 0.559. The van der Waals surface area contributed by atoms with Gasteiger partial charge in [-0.1, -0.05) is 0 Å². The van der Waals surface area contributed by atoms with Crippen molar-refractivity contribution in [2.75, 3.05) is 7.11 Å². The zero-order chi connectivity index (χ0) is 8.43. The van der Waals surface area contributed by atoms with E-state index in [1.165, 1.54) is 18.4 Å². The van der Waals surface area contributed by atoms with Crippen LogP contribution >= 0.6 is 11.3 Å². The molecule has 0 saturated heterocycles. The molecule has 4 nitrogen and oxygen atoms in total. The number of carbonyl (C=O) groups excluding carboxylic acids is 1. The SMILES string of the molecule is COc1nc(C(N)=O)sc1C. The fourth-order valence-electron chi connectivity index (χ4n) is 0.677. The first-order chi connectivity index (χ1) is 5.15. The molecule has 0 saturated carbocycles. The summed E-state index contributed by atoms with van der Waals surface area (Å²) in [6.45, 7) is 1.82. The van der Waals surface area contributed by atoms with Crippen molar-refractivity contribution in [3.8, 4) is 5.88 Å². The van der Waals surface area contributed by atoms with E-state index in [4.69, 9.17) is 10.5 Å². The second kappa shape index (κ2) is 2.87. The zero-order valence-corrected chi connectivity index (χ0v) is 7.07. The molecule has 1 aromatic rings. The second-order valence-corrected chi connectivity index (χ2v) is 3.15. The van der Waals surface area contributed by atoms with E-state index in [1.807, 2.05) is 6.92 Å². The number of thiazole rings is 1. The standard InChI is InChI=1S/C6H8N2O2S/c1-3-5(10-2)8-6(11-3)4(7)9/h1-2H3,(H2,7,9). The lowest BCUT2D eigenvalue weighted by molar-refractivity contribution is 0.0999. The average molecular weight is 172 g/mol. The van der Waals surface area contributed by atoms with Gasteiger partial charge in [-0.05, 0) is 6.92 Å². The van der Waals surface area contributed by atoms with Crippen LogP contribution < -0.4 is 10.5 Å². The quantitative estimate of drug-likeness (QED) is 0.708. The molecule has 0 atom stereocenters. The van der Waals surface area contributed by atoms with Crippen LogP contribution in [0.4, 0.5) is 0 Å². The Bertz CT molecular complexity index is 282. The Morgan fingerprint density at radius 2 is 2.36 bits per heavy atom. The van der Waals surface area contributed by atoms with Gasteiger partial charge in [0.25, 0.3) is 5.91 Å². The van der Waals surface area contributed by atoms with Crippen molar-refractivity contribution >= 4 is 17.2 Å². The van der Waals surface area contributed by atoms with Crippen LogP contribution in [0.15, 0.2) is 0 Å². The van der Waals surface area contributed by atoms with Gasteiger partial charge in [0.1, 0.15) is 0 Å². The van der Waals surface area contributed by atoms with Gasteiger partial charge in [0, 0.05) is 0 Å². The van der Waals surface area contributed by atoms with Crippen LogP contribution in [0.5, 0.6) is 5.88 Å². The number of hydrogen-bond acceptors (Lipinski definition) is 4. The number of methoxy groups -OCH3 is 1. The van der Waals surface area contributed by atoms with Gasteiger partial charge in [0.2, 0.25) is 5.88 Å². The lowest BCUT2D eigenvalue weighted by Crippen LogP contribution is -2.10. The number of aromatic nitrogens is 1. The van der Waals surface area contributed by atoms with Gasteiger partial charge in [-0.3, -0.25) is 4.79 Å². The van der Waals surface area contributed by atoms with E-state index in [2.05, 4.69) is 4.98 Å². The number of aryl methyl sites for hydroxylation is 1. The number of ether oxygens (including phenoxy) is 1. The van der Waals surface area contributed by atoms with Gasteiger partial charge in [0.15, 0.2) is 5.01 Å². The molecule has 0 bridgehead atoms. The fourth-order valence-corrected chi connectivity index (χ4v) is 1.41. The summed E-state index contributed by atoms with van der Waals surface area (Å²) in [5, 5.41) is 0.291. The molecule has 1 aromatic heterocycles. The predicted molar refractivity (Wildman–Crippen MR) is 41.9 cm³/mol. The molecule has 0 aliphatic carbocycles. The summed E-state index contributed by atoms with van der Waals surface area (Å²) < 4.78 is 4.87. The van der Waals surface area contributed by atoms with Crippen molar-refractivity contribution in [2.24, 2.45) is 5.73 Å². The van der Waals surface area contributed by atoms with Crippen LogP contribution in [-0.2, 0) is 0 Å². The minimum absolute atomic E-state index is 0.291. The summed E-state index contributed by atoms with van der Waals surface area (Å²) in [6, 6.07) is 0. The lowest BCUT2D eigenvalue weighted by atomic mass is 10.6. The van der Waals surface area contributed by atoms with Crippen molar-refractivity contribution in [3.05, 3.63) is 9.88 Å². The van der Waals surface area contributed by atoms with Gasteiger partial charge < -0.3 is 10.5 Å². The highest BCUT2D eigenvalue weighted by Crippen LogP contribution is 2.22. The number of carbonyl (C=O) groups is 1. The summed E-state index contributed by atoms with van der Waals surface area (Å²) in [5.41, 5.74) is 5.00. The van der Waals surface area contributed by atoms with Gasteiger partial charge >= 0.3 is 0 Å². The maximum absolute atomic E-state index is 10.6. The third-order valence-corrected chi connectivity index (χ3v) is 2.12. The van der Waals surface area contributed by atoms with E-state index in [-0.39, 0.29) is 0 Å². The summed E-state index contributed by atoms with van der Waals surface area (Å²) in [4.78, 5) is 15.3. The van der Waals surface area contributed by atoms with Crippen LogP contribution in [0.25, 0.3) is 0 Å². The van der Waals surface area contributed by atoms with Gasteiger partial charge in [-0.2, -0.15) is 4.98 Å². The smallest absolute Gasteiger partial charge is 0.277 e. The van der Waals surface area contributed by atoms with Crippen LogP contribution in [0.1, 0.15) is 14.7 Å². The van der Waals surface area contributed by atoms with Crippen molar-refractivity contribution in [1.82, 2.24) is 4.98 Å². The van der Waals surface area contributed by atoms with E-state index < -0.39 is 5.91 Å². The van der Waals surface area contributed by atoms with Crippen molar-refractivity contribution < 1.29 is 9.53 Å². The molecule has 60 valence electrons. The molecule has 0 aliphatic heterocycles. The van der Waals surface area contributed by atoms with Gasteiger partial charge in [-0.15, -0.1) is 11.3 Å². The number of rotatable bonds is 2. The van der Waals surface area contributed by atoms with Crippen LogP contribution in [0.2, 0.25) is 0 Å². The topological polar surface area (TPSA) is 65.2 Å². The highest BCUT2D eigenvalue weighted by molar-refractivity contribution is 7.13. The number of primary amides is 1. The van der Waals surface area contributed by atoms with Crippen LogP contribution in [0, 0.1) is 6.92 Å². The average Bonchev–Trinajstić information content (AvgIpc) is 2.31. The Balaban J connectivity index is 3.05. The molecule has 1 heterocycles. The number of hydrogen-bond donors (Lipinski definition) is 1. The summed E-state index contributed by atoms with van der Waals surface area (Å²) in [7, 11) is 1.51. The second-order valence-electron chi connectivity index (χ2n) is 1.95. The first kappa shape index (κ1) is 8.00. The van der Waals surface area contributed by atoms with E-state index in [0.29, 0.717) is 10.9 Å². The van der Waals surface area contributed by atoms with E-state index >= 15 is 0 Å².